The Balaban J connectivity index is 2.65. The third-order valence-corrected chi connectivity index (χ3v) is 6.76. The van der Waals surface area contributed by atoms with Crippen LogP contribution in [-0.4, -0.2) is 115 Å². The molecule has 0 spiro atoms. The molecule has 0 bridgehead atoms. The van der Waals surface area contributed by atoms with Gasteiger partial charge in [0.15, 0.2) is 12.2 Å². The number of carbonyl (C=O) groups excluding carboxylic acids is 6. The van der Waals surface area contributed by atoms with Crippen LogP contribution in [0.15, 0.2) is 0 Å². The van der Waals surface area contributed by atoms with Crippen LogP contribution in [0.2, 0.25) is 0 Å². The van der Waals surface area contributed by atoms with Crippen molar-refractivity contribution in [3.63, 3.8) is 0 Å². The molecule has 0 aliphatic carbocycles. The molecule has 7 atom stereocenters. The van der Waals surface area contributed by atoms with Gasteiger partial charge in [-0.25, -0.2) is 4.79 Å². The summed E-state index contributed by atoms with van der Waals surface area (Å²) in [5, 5.41) is 14.2. The zero-order valence-electron chi connectivity index (χ0n) is 24.2. The first-order valence-corrected chi connectivity index (χ1v) is 13.4. The highest BCUT2D eigenvalue weighted by Crippen LogP contribution is 2.37. The standard InChI is InChI=1S/C26H40N2O13/c1-7-37-24(33)18-9-8-10-28(12-18)19-11-26(35,25(34)36-6)41-23(21(19)27-14(2)29)22(40-17(5)32)20(39-16(4)31)13-38-15(3)30/h18-23,35H,7-13H2,1-6H3,(H,27,29)/t18?,19-,20+,21+,22-,23+,26-/m0/s1. The smallest absolute Gasteiger partial charge is 0.366 e. The first kappa shape index (κ1) is 33.9. The van der Waals surface area contributed by atoms with E-state index < -0.39 is 90.9 Å². The summed E-state index contributed by atoms with van der Waals surface area (Å²) in [6.45, 7) is 6.39. The number of carbonyl (C=O) groups is 6. The normalized spacial score (nSPS) is 27.9. The van der Waals surface area contributed by atoms with Crippen molar-refractivity contribution >= 4 is 35.8 Å². The average Bonchev–Trinajstić information content (AvgIpc) is 2.89. The van der Waals surface area contributed by atoms with Gasteiger partial charge in [-0.1, -0.05) is 0 Å². The van der Waals surface area contributed by atoms with E-state index in [2.05, 4.69) is 5.32 Å². The van der Waals surface area contributed by atoms with E-state index in [9.17, 15) is 33.9 Å². The number of nitrogens with one attached hydrogen (secondary N) is 1. The summed E-state index contributed by atoms with van der Waals surface area (Å²) in [6.07, 6.45) is -3.88. The molecular weight excluding hydrogens is 548 g/mol. The highest BCUT2D eigenvalue weighted by Gasteiger charge is 2.58. The summed E-state index contributed by atoms with van der Waals surface area (Å²) < 4.78 is 31.7. The number of piperidine rings is 1. The van der Waals surface area contributed by atoms with Crippen LogP contribution in [0, 0.1) is 5.92 Å². The number of hydrogen-bond acceptors (Lipinski definition) is 14. The van der Waals surface area contributed by atoms with Crippen LogP contribution in [0.25, 0.3) is 0 Å². The molecular formula is C26H40N2O13. The van der Waals surface area contributed by atoms with Crippen LogP contribution >= 0.6 is 0 Å². The fourth-order valence-electron chi connectivity index (χ4n) is 5.22. The minimum absolute atomic E-state index is 0.169. The second-order valence-electron chi connectivity index (χ2n) is 9.97. The van der Waals surface area contributed by atoms with E-state index in [4.69, 9.17) is 28.4 Å². The van der Waals surface area contributed by atoms with Crippen LogP contribution in [0.1, 0.15) is 53.9 Å². The number of methoxy groups -OCH3 is 1. The molecule has 2 fully saturated rings. The molecule has 0 radical (unpaired) electrons. The first-order valence-electron chi connectivity index (χ1n) is 13.4. The molecule has 2 heterocycles. The predicted molar refractivity (Wildman–Crippen MR) is 137 cm³/mol. The van der Waals surface area contributed by atoms with Gasteiger partial charge in [0.05, 0.1) is 25.7 Å². The highest BCUT2D eigenvalue weighted by atomic mass is 16.7. The Labute approximate surface area is 238 Å². The van der Waals surface area contributed by atoms with Gasteiger partial charge in [0.25, 0.3) is 5.79 Å². The van der Waals surface area contributed by atoms with E-state index >= 15 is 0 Å². The van der Waals surface area contributed by atoms with E-state index in [0.717, 1.165) is 27.9 Å². The molecule has 15 nitrogen and oxygen atoms in total. The second kappa shape index (κ2) is 15.1. The van der Waals surface area contributed by atoms with Gasteiger partial charge in [-0.3, -0.25) is 28.9 Å². The molecule has 0 aromatic rings. The number of aliphatic hydroxyl groups is 1. The van der Waals surface area contributed by atoms with Gasteiger partial charge in [0.1, 0.15) is 12.7 Å². The van der Waals surface area contributed by atoms with Gasteiger partial charge >= 0.3 is 29.8 Å². The number of hydrogen-bond donors (Lipinski definition) is 2. The molecule has 1 amide bonds. The molecule has 2 N–H and O–H groups in total. The Morgan fingerprint density at radius 2 is 1.68 bits per heavy atom. The van der Waals surface area contributed by atoms with Crippen molar-refractivity contribution in [1.29, 1.82) is 0 Å². The molecule has 1 unspecified atom stereocenters. The summed E-state index contributed by atoms with van der Waals surface area (Å²) in [5.74, 6) is -7.63. The topological polar surface area (TPSA) is 193 Å². The Bertz CT molecular complexity index is 988. The van der Waals surface area contributed by atoms with Gasteiger partial charge in [0.2, 0.25) is 5.91 Å². The maximum atomic E-state index is 12.8. The minimum Gasteiger partial charge on any atom is -0.466 e. The SMILES string of the molecule is CCOC(=O)C1CCCN([C@H]2C[C@@](O)(C(=O)OC)O[C@@H]([C@@H](OC(C)=O)[C@@H](COC(C)=O)OC(C)=O)[C@@H]2NC(C)=O)C1. The summed E-state index contributed by atoms with van der Waals surface area (Å²) in [5.41, 5.74) is 0. The summed E-state index contributed by atoms with van der Waals surface area (Å²) in [6, 6.07) is -1.96. The van der Waals surface area contributed by atoms with Crippen LogP contribution in [0.5, 0.6) is 0 Å². The number of ether oxygens (including phenoxy) is 6. The predicted octanol–water partition coefficient (Wildman–Crippen LogP) is -0.788. The van der Waals surface area contributed by atoms with Crippen molar-refractivity contribution in [3.05, 3.63) is 0 Å². The van der Waals surface area contributed by atoms with Crippen LogP contribution in [0.3, 0.4) is 0 Å². The number of nitrogens with zero attached hydrogens (tertiary/aromatic N) is 1. The van der Waals surface area contributed by atoms with Crippen LogP contribution in [0.4, 0.5) is 0 Å². The molecule has 15 heteroatoms. The van der Waals surface area contributed by atoms with Gasteiger partial charge in [-0.15, -0.1) is 0 Å². The quantitative estimate of drug-likeness (QED) is 0.225. The highest BCUT2D eigenvalue weighted by molar-refractivity contribution is 5.78. The zero-order valence-corrected chi connectivity index (χ0v) is 24.2. The third kappa shape index (κ3) is 9.36. The molecule has 2 saturated heterocycles. The lowest BCUT2D eigenvalue weighted by Gasteiger charge is -2.51. The molecule has 0 saturated carbocycles. The summed E-state index contributed by atoms with van der Waals surface area (Å²) in [4.78, 5) is 75.4. The van der Waals surface area contributed by atoms with Gasteiger partial charge in [-0.2, -0.15) is 0 Å². The lowest BCUT2D eigenvalue weighted by atomic mass is 9.84. The summed E-state index contributed by atoms with van der Waals surface area (Å²) >= 11 is 0. The van der Waals surface area contributed by atoms with E-state index in [1.54, 1.807) is 6.92 Å². The molecule has 232 valence electrons. The first-order chi connectivity index (χ1) is 19.2. The second-order valence-corrected chi connectivity index (χ2v) is 9.97. The van der Waals surface area contributed by atoms with Crippen molar-refractivity contribution in [1.82, 2.24) is 10.2 Å². The van der Waals surface area contributed by atoms with Crippen molar-refractivity contribution in [3.8, 4) is 0 Å². The fourth-order valence-corrected chi connectivity index (χ4v) is 5.22. The Morgan fingerprint density at radius 1 is 1.02 bits per heavy atom. The van der Waals surface area contributed by atoms with Crippen LogP contribution in [-0.2, 0) is 57.2 Å². The zero-order chi connectivity index (χ0) is 30.9. The van der Waals surface area contributed by atoms with E-state index in [1.807, 2.05) is 4.90 Å². The summed E-state index contributed by atoms with van der Waals surface area (Å²) in [7, 11) is 1.04. The molecule has 2 aliphatic heterocycles. The number of esters is 5. The van der Waals surface area contributed by atoms with E-state index in [1.165, 1.54) is 6.92 Å². The molecule has 41 heavy (non-hydrogen) atoms. The number of rotatable bonds is 11. The van der Waals surface area contributed by atoms with E-state index in [-0.39, 0.29) is 13.2 Å². The third-order valence-electron chi connectivity index (χ3n) is 6.76. The van der Waals surface area contributed by atoms with Crippen molar-refractivity contribution < 1.29 is 62.3 Å². The number of likely N-dealkylation sites (tertiary alicyclic amines) is 1. The van der Waals surface area contributed by atoms with Gasteiger partial charge < -0.3 is 38.8 Å². The molecule has 0 aromatic heterocycles. The van der Waals surface area contributed by atoms with Crippen molar-refractivity contribution in [2.75, 3.05) is 33.4 Å². The van der Waals surface area contributed by atoms with Gasteiger partial charge in [0, 0.05) is 46.7 Å². The number of amides is 1. The molecule has 2 rings (SSSR count). The van der Waals surface area contributed by atoms with E-state index in [0.29, 0.717) is 19.4 Å². The average molecular weight is 589 g/mol. The maximum Gasteiger partial charge on any atom is 0.366 e. The maximum absolute atomic E-state index is 12.8. The van der Waals surface area contributed by atoms with Crippen molar-refractivity contribution in [2.45, 2.75) is 90.1 Å². The lowest BCUT2D eigenvalue weighted by molar-refractivity contribution is -0.294. The minimum atomic E-state index is -2.60. The van der Waals surface area contributed by atoms with Crippen molar-refractivity contribution in [2.24, 2.45) is 5.92 Å². The lowest BCUT2D eigenvalue weighted by Crippen LogP contribution is -2.71. The molecule has 2 aliphatic rings. The Kier molecular flexibility index (Phi) is 12.5. The molecule has 0 aromatic carbocycles. The monoisotopic (exact) mass is 588 g/mol. The van der Waals surface area contributed by atoms with Gasteiger partial charge in [-0.05, 0) is 26.3 Å². The Morgan fingerprint density at radius 3 is 2.22 bits per heavy atom. The largest absolute Gasteiger partial charge is 0.466 e. The fraction of sp³-hybridized carbons (Fsp3) is 0.769. The Hall–Kier alpha value is -3.30. The van der Waals surface area contributed by atoms with Crippen LogP contribution < -0.4 is 5.32 Å².